The number of hydrogen-bond acceptors (Lipinski definition) is 4. The maximum absolute atomic E-state index is 11.2. The van der Waals surface area contributed by atoms with E-state index in [4.69, 9.17) is 0 Å². The van der Waals surface area contributed by atoms with Gasteiger partial charge in [-0.2, -0.15) is 0 Å². The Bertz CT molecular complexity index is 438. The van der Waals surface area contributed by atoms with E-state index in [0.29, 0.717) is 11.4 Å². The second-order valence-electron chi connectivity index (χ2n) is 5.60. The molecule has 5 heteroatoms. The highest BCUT2D eigenvalue weighted by Crippen LogP contribution is 2.35. The van der Waals surface area contributed by atoms with Crippen molar-refractivity contribution in [3.8, 4) is 0 Å². The van der Waals surface area contributed by atoms with Crippen LogP contribution in [-0.4, -0.2) is 25.6 Å². The lowest BCUT2D eigenvalue weighted by molar-refractivity contribution is -0.383. The van der Waals surface area contributed by atoms with Crippen molar-refractivity contribution in [2.75, 3.05) is 30.9 Å². The van der Waals surface area contributed by atoms with E-state index in [0.717, 1.165) is 6.54 Å². The van der Waals surface area contributed by atoms with Crippen molar-refractivity contribution in [1.82, 2.24) is 0 Å². The van der Waals surface area contributed by atoms with Crippen molar-refractivity contribution in [3.05, 3.63) is 28.3 Å². The van der Waals surface area contributed by atoms with Gasteiger partial charge in [-0.15, -0.1) is 0 Å². The number of nitrogens with one attached hydrogen (secondary N) is 1. The van der Waals surface area contributed by atoms with Crippen LogP contribution in [0, 0.1) is 15.5 Å². The molecule has 1 aromatic rings. The third-order valence-electron chi connectivity index (χ3n) is 2.59. The molecule has 1 aromatic carbocycles. The summed E-state index contributed by atoms with van der Waals surface area (Å²) >= 11 is 0. The fourth-order valence-corrected chi connectivity index (χ4v) is 2.03. The lowest BCUT2D eigenvalue weighted by Gasteiger charge is -2.28. The highest BCUT2D eigenvalue weighted by molar-refractivity contribution is 5.76. The molecule has 0 aliphatic rings. The standard InChI is InChI=1S/C13H21N3O2/c1-13(2,3)9-15(5)11-8-6-7-10(14-4)12(11)16(17)18/h6-8,14H,9H2,1-5H3. The highest BCUT2D eigenvalue weighted by Gasteiger charge is 2.23. The van der Waals surface area contributed by atoms with E-state index in [1.54, 1.807) is 19.2 Å². The van der Waals surface area contributed by atoms with Crippen LogP contribution in [0.4, 0.5) is 17.1 Å². The van der Waals surface area contributed by atoms with Gasteiger partial charge >= 0.3 is 5.69 Å². The Balaban J connectivity index is 3.19. The molecular weight excluding hydrogens is 230 g/mol. The number of para-hydroxylation sites is 1. The minimum atomic E-state index is -0.333. The number of nitro groups is 1. The number of nitrogens with zero attached hydrogens (tertiary/aromatic N) is 2. The van der Waals surface area contributed by atoms with Crippen LogP contribution in [0.1, 0.15) is 20.8 Å². The van der Waals surface area contributed by atoms with Crippen LogP contribution in [0.5, 0.6) is 0 Å². The molecule has 0 unspecified atom stereocenters. The molecule has 0 saturated heterocycles. The molecule has 0 saturated carbocycles. The van der Waals surface area contributed by atoms with Gasteiger partial charge in [-0.25, -0.2) is 0 Å². The van der Waals surface area contributed by atoms with E-state index < -0.39 is 0 Å². The molecule has 0 aliphatic carbocycles. The van der Waals surface area contributed by atoms with Crippen molar-refractivity contribution in [2.24, 2.45) is 5.41 Å². The van der Waals surface area contributed by atoms with E-state index in [1.807, 2.05) is 18.0 Å². The third-order valence-corrected chi connectivity index (χ3v) is 2.59. The maximum atomic E-state index is 11.2. The molecular formula is C13H21N3O2. The van der Waals surface area contributed by atoms with Crippen LogP contribution in [-0.2, 0) is 0 Å². The SMILES string of the molecule is CNc1cccc(N(C)CC(C)(C)C)c1[N+](=O)[O-]. The first-order valence-electron chi connectivity index (χ1n) is 5.92. The Morgan fingerprint density at radius 3 is 2.44 bits per heavy atom. The molecule has 0 spiro atoms. The summed E-state index contributed by atoms with van der Waals surface area (Å²) < 4.78 is 0. The molecule has 0 bridgehead atoms. The smallest absolute Gasteiger partial charge is 0.315 e. The molecule has 18 heavy (non-hydrogen) atoms. The number of anilines is 2. The zero-order valence-corrected chi connectivity index (χ0v) is 11.7. The van der Waals surface area contributed by atoms with Crippen LogP contribution in [0.3, 0.4) is 0 Å². The Kier molecular flexibility index (Phi) is 4.16. The normalized spacial score (nSPS) is 11.2. The summed E-state index contributed by atoms with van der Waals surface area (Å²) in [5.74, 6) is 0. The molecule has 0 aliphatic heterocycles. The van der Waals surface area contributed by atoms with E-state index in [2.05, 4.69) is 26.1 Å². The summed E-state index contributed by atoms with van der Waals surface area (Å²) in [7, 11) is 3.57. The quantitative estimate of drug-likeness (QED) is 0.659. The second kappa shape index (κ2) is 5.25. The fraction of sp³-hybridized carbons (Fsp3) is 0.538. The van der Waals surface area contributed by atoms with Gasteiger partial charge in [0.2, 0.25) is 0 Å². The Labute approximate surface area is 108 Å². The zero-order valence-electron chi connectivity index (χ0n) is 11.7. The topological polar surface area (TPSA) is 58.4 Å². The summed E-state index contributed by atoms with van der Waals surface area (Å²) in [6.07, 6.45) is 0. The third kappa shape index (κ3) is 3.35. The first-order valence-corrected chi connectivity index (χ1v) is 5.92. The van der Waals surface area contributed by atoms with Gasteiger partial charge in [-0.3, -0.25) is 10.1 Å². The summed E-state index contributed by atoms with van der Waals surface area (Å²) in [5.41, 5.74) is 1.39. The monoisotopic (exact) mass is 251 g/mol. The molecule has 1 N–H and O–H groups in total. The number of hydrogen-bond donors (Lipinski definition) is 1. The van der Waals surface area contributed by atoms with Crippen LogP contribution in [0.2, 0.25) is 0 Å². The minimum Gasteiger partial charge on any atom is -0.382 e. The van der Waals surface area contributed by atoms with Gasteiger partial charge in [0.15, 0.2) is 0 Å². The zero-order chi connectivity index (χ0) is 13.9. The lowest BCUT2D eigenvalue weighted by atomic mass is 9.96. The summed E-state index contributed by atoms with van der Waals surface area (Å²) in [6.45, 7) is 7.08. The van der Waals surface area contributed by atoms with Gasteiger partial charge in [0.25, 0.3) is 0 Å². The van der Waals surface area contributed by atoms with Crippen molar-refractivity contribution >= 4 is 17.1 Å². The molecule has 0 amide bonds. The summed E-state index contributed by atoms with van der Waals surface area (Å²) in [4.78, 5) is 12.8. The number of nitro benzene ring substituents is 1. The summed E-state index contributed by atoms with van der Waals surface area (Å²) in [5, 5.41) is 14.1. The van der Waals surface area contributed by atoms with Gasteiger partial charge in [0, 0.05) is 20.6 Å². The van der Waals surface area contributed by atoms with Crippen molar-refractivity contribution in [1.29, 1.82) is 0 Å². The first-order chi connectivity index (χ1) is 8.26. The van der Waals surface area contributed by atoms with Crippen LogP contribution < -0.4 is 10.2 Å². The van der Waals surface area contributed by atoms with E-state index in [-0.39, 0.29) is 16.0 Å². The van der Waals surface area contributed by atoms with E-state index >= 15 is 0 Å². The molecule has 0 aromatic heterocycles. The van der Waals surface area contributed by atoms with E-state index in [1.165, 1.54) is 0 Å². The van der Waals surface area contributed by atoms with Crippen LogP contribution in [0.15, 0.2) is 18.2 Å². The van der Waals surface area contributed by atoms with Crippen molar-refractivity contribution < 1.29 is 4.92 Å². The van der Waals surface area contributed by atoms with E-state index in [9.17, 15) is 10.1 Å². The van der Waals surface area contributed by atoms with Crippen molar-refractivity contribution in [3.63, 3.8) is 0 Å². The lowest BCUT2D eigenvalue weighted by Crippen LogP contribution is -2.29. The predicted molar refractivity (Wildman–Crippen MR) is 75.4 cm³/mol. The van der Waals surface area contributed by atoms with Crippen molar-refractivity contribution in [2.45, 2.75) is 20.8 Å². The van der Waals surface area contributed by atoms with Gasteiger partial charge in [0.1, 0.15) is 11.4 Å². The fourth-order valence-electron chi connectivity index (χ4n) is 2.03. The first kappa shape index (κ1) is 14.3. The van der Waals surface area contributed by atoms with Gasteiger partial charge in [0.05, 0.1) is 4.92 Å². The average molecular weight is 251 g/mol. The summed E-state index contributed by atoms with van der Waals surface area (Å²) in [6, 6.07) is 5.32. The predicted octanol–water partition coefficient (Wildman–Crippen LogP) is 3.12. The van der Waals surface area contributed by atoms with Gasteiger partial charge in [-0.05, 0) is 17.5 Å². The number of benzene rings is 1. The Morgan fingerprint density at radius 1 is 1.39 bits per heavy atom. The molecule has 0 radical (unpaired) electrons. The molecule has 5 nitrogen and oxygen atoms in total. The molecule has 100 valence electrons. The number of rotatable bonds is 4. The average Bonchev–Trinajstić information content (AvgIpc) is 2.25. The second-order valence-corrected chi connectivity index (χ2v) is 5.60. The molecule has 0 heterocycles. The van der Waals surface area contributed by atoms with Gasteiger partial charge in [-0.1, -0.05) is 26.8 Å². The maximum Gasteiger partial charge on any atom is 0.315 e. The Morgan fingerprint density at radius 2 is 2.00 bits per heavy atom. The Hall–Kier alpha value is -1.78. The van der Waals surface area contributed by atoms with Crippen LogP contribution >= 0.6 is 0 Å². The minimum absolute atomic E-state index is 0.0816. The molecule has 1 rings (SSSR count). The molecule has 0 fully saturated rings. The largest absolute Gasteiger partial charge is 0.382 e. The molecule has 0 atom stereocenters. The van der Waals surface area contributed by atoms with Gasteiger partial charge < -0.3 is 10.2 Å². The van der Waals surface area contributed by atoms with Crippen LogP contribution in [0.25, 0.3) is 0 Å². The highest BCUT2D eigenvalue weighted by atomic mass is 16.6.